The number of quaternary nitrogens is 1. The third-order valence-corrected chi connectivity index (χ3v) is 5.83. The van der Waals surface area contributed by atoms with Crippen LogP contribution in [0.2, 0.25) is 0 Å². The summed E-state index contributed by atoms with van der Waals surface area (Å²) in [6, 6.07) is 13.5. The molecule has 0 saturated heterocycles. The minimum atomic E-state index is -0.469. The van der Waals surface area contributed by atoms with Gasteiger partial charge in [-0.25, -0.2) is 4.98 Å². The first kappa shape index (κ1) is 19.9. The first-order chi connectivity index (χ1) is 13.5. The molecule has 0 atom stereocenters. The highest BCUT2D eigenvalue weighted by Gasteiger charge is 2.23. The molecule has 1 heterocycles. The number of nitrogens with zero attached hydrogens (tertiary/aromatic N) is 3. The minimum absolute atomic E-state index is 0.0318. The molecule has 8 heteroatoms. The summed E-state index contributed by atoms with van der Waals surface area (Å²) in [4.78, 5) is 31.3. The number of rotatable bonds is 8. The molecule has 0 spiro atoms. The van der Waals surface area contributed by atoms with Gasteiger partial charge in [0.15, 0.2) is 5.13 Å². The van der Waals surface area contributed by atoms with Gasteiger partial charge in [-0.05, 0) is 38.1 Å². The van der Waals surface area contributed by atoms with Crippen LogP contribution in [0.15, 0.2) is 48.5 Å². The standard InChI is InChI=1S/C20H22N4O3S/c1-3-22(4-2)13-14-23(20-21-17-7-5-6-8-18(17)28-20)19(25)15-9-11-16(12-10-15)24(26)27/h5-12H,3-4,13-14H2,1-2H3/p+1. The second-order valence-corrected chi connectivity index (χ2v) is 7.44. The van der Waals surface area contributed by atoms with Gasteiger partial charge in [0.25, 0.3) is 11.6 Å². The third kappa shape index (κ3) is 4.35. The minimum Gasteiger partial charge on any atom is -0.334 e. The van der Waals surface area contributed by atoms with E-state index in [1.807, 2.05) is 24.3 Å². The fourth-order valence-corrected chi connectivity index (χ4v) is 4.00. The molecule has 146 valence electrons. The van der Waals surface area contributed by atoms with Crippen molar-refractivity contribution in [3.05, 3.63) is 64.2 Å². The fourth-order valence-electron chi connectivity index (χ4n) is 3.01. The second-order valence-electron chi connectivity index (χ2n) is 6.43. The van der Waals surface area contributed by atoms with Gasteiger partial charge >= 0.3 is 0 Å². The SMILES string of the molecule is CC[NH+](CC)CCN(C(=O)c1ccc([N+](=O)[O-])cc1)c1nc2ccccc2s1. The Morgan fingerprint density at radius 1 is 1.14 bits per heavy atom. The van der Waals surface area contributed by atoms with Crippen LogP contribution in [0.4, 0.5) is 10.8 Å². The Bertz CT molecular complexity index is 934. The number of carbonyl (C=O) groups excluding carboxylic acids is 1. The first-order valence-corrected chi connectivity index (χ1v) is 10.1. The summed E-state index contributed by atoms with van der Waals surface area (Å²) in [6.45, 7) is 7.55. The molecule has 0 bridgehead atoms. The van der Waals surface area contributed by atoms with E-state index in [-0.39, 0.29) is 11.6 Å². The number of fused-ring (bicyclic) bond motifs is 1. The zero-order chi connectivity index (χ0) is 20.1. The van der Waals surface area contributed by atoms with Crippen LogP contribution in [0.5, 0.6) is 0 Å². The number of amides is 1. The van der Waals surface area contributed by atoms with Gasteiger partial charge in [-0.1, -0.05) is 23.5 Å². The Hall–Kier alpha value is -2.84. The van der Waals surface area contributed by atoms with Gasteiger partial charge in [-0.2, -0.15) is 0 Å². The number of nitrogens with one attached hydrogen (secondary N) is 1. The number of hydrogen-bond acceptors (Lipinski definition) is 5. The van der Waals surface area contributed by atoms with Gasteiger partial charge in [0.1, 0.15) is 0 Å². The Morgan fingerprint density at radius 2 is 1.82 bits per heavy atom. The molecule has 1 amide bonds. The second kappa shape index (κ2) is 8.90. The van der Waals surface area contributed by atoms with E-state index >= 15 is 0 Å². The van der Waals surface area contributed by atoms with Crippen molar-refractivity contribution < 1.29 is 14.6 Å². The van der Waals surface area contributed by atoms with Crippen molar-refractivity contribution >= 4 is 38.3 Å². The molecule has 3 aromatic rings. The number of benzene rings is 2. The third-order valence-electron chi connectivity index (χ3n) is 4.77. The number of thiazole rings is 1. The number of hydrogen-bond donors (Lipinski definition) is 1. The first-order valence-electron chi connectivity index (χ1n) is 9.29. The van der Waals surface area contributed by atoms with Crippen molar-refractivity contribution in [2.75, 3.05) is 31.1 Å². The van der Waals surface area contributed by atoms with Crippen molar-refractivity contribution in [2.24, 2.45) is 0 Å². The molecule has 28 heavy (non-hydrogen) atoms. The molecule has 0 aliphatic rings. The van der Waals surface area contributed by atoms with Crippen molar-refractivity contribution in [1.82, 2.24) is 4.98 Å². The Balaban J connectivity index is 1.92. The molecule has 1 N–H and O–H groups in total. The molecule has 3 rings (SSSR count). The number of likely N-dealkylation sites (N-methyl/N-ethyl adjacent to an activating group) is 1. The van der Waals surface area contributed by atoms with E-state index in [2.05, 4.69) is 18.8 Å². The van der Waals surface area contributed by atoms with Crippen LogP contribution in [0.1, 0.15) is 24.2 Å². The van der Waals surface area contributed by atoms with E-state index < -0.39 is 4.92 Å². The van der Waals surface area contributed by atoms with Gasteiger partial charge in [0, 0.05) is 17.7 Å². The lowest BCUT2D eigenvalue weighted by atomic mass is 10.2. The summed E-state index contributed by atoms with van der Waals surface area (Å²) in [5.74, 6) is -0.194. The number of aromatic nitrogens is 1. The lowest BCUT2D eigenvalue weighted by molar-refractivity contribution is -0.894. The van der Waals surface area contributed by atoms with Crippen molar-refractivity contribution in [3.8, 4) is 0 Å². The van der Waals surface area contributed by atoms with Crippen LogP contribution in [0.25, 0.3) is 10.2 Å². The number of nitro benzene ring substituents is 1. The van der Waals surface area contributed by atoms with Crippen LogP contribution in [-0.2, 0) is 0 Å². The van der Waals surface area contributed by atoms with Crippen molar-refractivity contribution in [3.63, 3.8) is 0 Å². The molecule has 0 fully saturated rings. The van der Waals surface area contributed by atoms with Gasteiger partial charge in [0.05, 0.1) is 41.3 Å². The van der Waals surface area contributed by atoms with Gasteiger partial charge in [-0.3, -0.25) is 19.8 Å². The Kier molecular flexibility index (Phi) is 6.33. The molecular formula is C20H23N4O3S+. The van der Waals surface area contributed by atoms with Crippen molar-refractivity contribution in [1.29, 1.82) is 0 Å². The molecule has 0 aliphatic carbocycles. The number of nitro groups is 1. The van der Waals surface area contributed by atoms with Gasteiger partial charge in [-0.15, -0.1) is 0 Å². The highest BCUT2D eigenvalue weighted by atomic mass is 32.1. The normalized spacial score (nSPS) is 11.1. The molecule has 7 nitrogen and oxygen atoms in total. The van der Waals surface area contributed by atoms with E-state index in [1.165, 1.54) is 40.5 Å². The van der Waals surface area contributed by atoms with E-state index in [0.717, 1.165) is 29.9 Å². The summed E-state index contributed by atoms with van der Waals surface area (Å²) >= 11 is 1.48. The predicted octanol–water partition coefficient (Wildman–Crippen LogP) is 2.78. The van der Waals surface area contributed by atoms with Gasteiger partial charge in [0.2, 0.25) is 0 Å². The lowest BCUT2D eigenvalue weighted by Crippen LogP contribution is -3.12. The molecular weight excluding hydrogens is 376 g/mol. The lowest BCUT2D eigenvalue weighted by Gasteiger charge is -2.23. The molecule has 0 unspecified atom stereocenters. The fraction of sp³-hybridized carbons (Fsp3) is 0.300. The predicted molar refractivity (Wildman–Crippen MR) is 111 cm³/mol. The van der Waals surface area contributed by atoms with Crippen LogP contribution in [0.3, 0.4) is 0 Å². The highest BCUT2D eigenvalue weighted by Crippen LogP contribution is 2.29. The van der Waals surface area contributed by atoms with Crippen molar-refractivity contribution in [2.45, 2.75) is 13.8 Å². The molecule has 0 aliphatic heterocycles. The smallest absolute Gasteiger partial charge is 0.269 e. The molecule has 1 aromatic heterocycles. The number of non-ortho nitro benzene ring substituents is 1. The topological polar surface area (TPSA) is 80.8 Å². The van der Waals surface area contributed by atoms with Crippen LogP contribution < -0.4 is 9.80 Å². The molecule has 0 saturated carbocycles. The molecule has 0 radical (unpaired) electrons. The summed E-state index contributed by atoms with van der Waals surface area (Å²) < 4.78 is 1.02. The summed E-state index contributed by atoms with van der Waals surface area (Å²) in [5.41, 5.74) is 1.24. The van der Waals surface area contributed by atoms with E-state index in [0.29, 0.717) is 17.2 Å². The average Bonchev–Trinajstić information content (AvgIpc) is 3.14. The van der Waals surface area contributed by atoms with Crippen LogP contribution >= 0.6 is 11.3 Å². The zero-order valence-electron chi connectivity index (χ0n) is 15.9. The number of para-hydroxylation sites is 1. The monoisotopic (exact) mass is 399 g/mol. The quantitative estimate of drug-likeness (QED) is 0.467. The number of anilines is 1. The van der Waals surface area contributed by atoms with Gasteiger partial charge < -0.3 is 4.90 Å². The Morgan fingerprint density at radius 3 is 2.43 bits per heavy atom. The highest BCUT2D eigenvalue weighted by molar-refractivity contribution is 7.22. The van der Waals surface area contributed by atoms with E-state index in [1.54, 1.807) is 4.90 Å². The number of carbonyl (C=O) groups is 1. The largest absolute Gasteiger partial charge is 0.334 e. The van der Waals surface area contributed by atoms with E-state index in [4.69, 9.17) is 0 Å². The van der Waals surface area contributed by atoms with Crippen LogP contribution in [0, 0.1) is 10.1 Å². The average molecular weight is 399 g/mol. The maximum atomic E-state index is 13.2. The maximum absolute atomic E-state index is 13.2. The maximum Gasteiger partial charge on any atom is 0.269 e. The Labute approximate surface area is 167 Å². The summed E-state index contributed by atoms with van der Waals surface area (Å²) in [5, 5.41) is 11.5. The van der Waals surface area contributed by atoms with E-state index in [9.17, 15) is 14.9 Å². The molecule has 2 aromatic carbocycles. The van der Waals surface area contributed by atoms with Crippen LogP contribution in [-0.4, -0.2) is 42.0 Å². The zero-order valence-corrected chi connectivity index (χ0v) is 16.7. The summed E-state index contributed by atoms with van der Waals surface area (Å²) in [6.07, 6.45) is 0. The summed E-state index contributed by atoms with van der Waals surface area (Å²) in [7, 11) is 0.